The fraction of sp³-hybridized carbons (Fsp3) is 0.429. The molecule has 1 N–H and O–H groups in total. The van der Waals surface area contributed by atoms with E-state index in [0.29, 0.717) is 23.7 Å². The number of halogens is 2. The number of nitrogens with one attached hydrogen (secondary N) is 1. The molecule has 0 aliphatic carbocycles. The second-order valence-electron chi connectivity index (χ2n) is 6.09. The minimum absolute atomic E-state index is 0.161. The first-order chi connectivity index (χ1) is 12.7. The first-order valence-corrected chi connectivity index (χ1v) is 9.97. The molecule has 0 saturated heterocycles. The van der Waals surface area contributed by atoms with Gasteiger partial charge in [-0.25, -0.2) is 4.39 Å². The molecule has 0 unspecified atom stereocenters. The highest BCUT2D eigenvalue weighted by molar-refractivity contribution is 9.10. The number of hydrogen-bond donors (Lipinski definition) is 1. The molecule has 0 aromatic heterocycles. The fourth-order valence-corrected chi connectivity index (χ4v) is 3.05. The topological polar surface area (TPSA) is 30.5 Å². The molecule has 142 valence electrons. The molecule has 0 aliphatic heterocycles. The molecule has 0 heterocycles. The molecule has 0 atom stereocenters. The van der Waals surface area contributed by atoms with Gasteiger partial charge in [-0.15, -0.1) is 0 Å². The van der Waals surface area contributed by atoms with E-state index in [-0.39, 0.29) is 12.4 Å². The molecule has 0 amide bonds. The van der Waals surface area contributed by atoms with Crippen LogP contribution in [0.15, 0.2) is 40.9 Å². The molecule has 5 heteroatoms. The molecule has 0 radical (unpaired) electrons. The average molecular weight is 424 g/mol. The van der Waals surface area contributed by atoms with Gasteiger partial charge in [0.2, 0.25) is 0 Å². The highest BCUT2D eigenvalue weighted by Gasteiger charge is 2.12. The van der Waals surface area contributed by atoms with Crippen LogP contribution >= 0.6 is 15.9 Å². The van der Waals surface area contributed by atoms with Crippen LogP contribution in [0, 0.1) is 5.82 Å². The minimum Gasteiger partial charge on any atom is -0.490 e. The van der Waals surface area contributed by atoms with Crippen molar-refractivity contribution < 1.29 is 13.9 Å². The summed E-state index contributed by atoms with van der Waals surface area (Å²) in [5, 5.41) is 3.46. The molecule has 0 aliphatic rings. The molecule has 3 nitrogen and oxygen atoms in total. The zero-order chi connectivity index (χ0) is 18.8. The lowest BCUT2D eigenvalue weighted by Crippen LogP contribution is -2.15. The minimum atomic E-state index is -0.266. The quantitative estimate of drug-likeness (QED) is 0.460. The van der Waals surface area contributed by atoms with Crippen LogP contribution in [0.5, 0.6) is 11.5 Å². The van der Waals surface area contributed by atoms with Crippen molar-refractivity contribution >= 4 is 15.9 Å². The molecule has 2 aromatic carbocycles. The van der Waals surface area contributed by atoms with Gasteiger partial charge in [-0.3, -0.25) is 0 Å². The second kappa shape index (κ2) is 11.2. The summed E-state index contributed by atoms with van der Waals surface area (Å²) in [6.45, 7) is 6.60. The Bertz CT molecular complexity index is 694. The molecule has 26 heavy (non-hydrogen) atoms. The van der Waals surface area contributed by atoms with Gasteiger partial charge in [-0.2, -0.15) is 0 Å². The van der Waals surface area contributed by atoms with E-state index in [2.05, 4.69) is 28.2 Å². The van der Waals surface area contributed by atoms with E-state index in [9.17, 15) is 4.39 Å². The molecular formula is C21H27BrFNO2. The van der Waals surface area contributed by atoms with Crippen molar-refractivity contribution in [2.75, 3.05) is 13.2 Å². The van der Waals surface area contributed by atoms with Gasteiger partial charge in [0.15, 0.2) is 11.5 Å². The van der Waals surface area contributed by atoms with E-state index < -0.39 is 0 Å². The summed E-state index contributed by atoms with van der Waals surface area (Å²) in [5.74, 6) is 1.02. The van der Waals surface area contributed by atoms with E-state index in [4.69, 9.17) is 9.47 Å². The van der Waals surface area contributed by atoms with Crippen LogP contribution in [0.3, 0.4) is 0 Å². The maximum Gasteiger partial charge on any atom is 0.162 e. The number of unbranched alkanes of at least 4 members (excludes halogenated alkanes) is 2. The average Bonchev–Trinajstić information content (AvgIpc) is 2.63. The molecule has 0 spiro atoms. The standard InChI is InChI=1S/C21H27BrFNO2/c1-3-5-8-11-24-14-17-12-20(25-4-2)21(13-18(17)22)26-15-16-9-6-7-10-19(16)23/h6-7,9-10,12-13,24H,3-5,8,11,14-15H2,1-2H3. The van der Waals surface area contributed by atoms with Crippen molar-refractivity contribution in [2.24, 2.45) is 0 Å². The van der Waals surface area contributed by atoms with Crippen LogP contribution in [0.4, 0.5) is 4.39 Å². The monoisotopic (exact) mass is 423 g/mol. The maximum absolute atomic E-state index is 13.8. The first-order valence-electron chi connectivity index (χ1n) is 9.17. The predicted octanol–water partition coefficient (Wildman–Crippen LogP) is 5.85. The highest BCUT2D eigenvalue weighted by Crippen LogP contribution is 2.34. The first kappa shape index (κ1) is 20.7. The highest BCUT2D eigenvalue weighted by atomic mass is 79.9. The van der Waals surface area contributed by atoms with Crippen LogP contribution in [0.25, 0.3) is 0 Å². The Balaban J connectivity index is 2.06. The number of rotatable bonds is 11. The van der Waals surface area contributed by atoms with Crippen LogP contribution < -0.4 is 14.8 Å². The number of hydrogen-bond acceptors (Lipinski definition) is 3. The summed E-state index contributed by atoms with van der Waals surface area (Å²) in [5.41, 5.74) is 1.64. The van der Waals surface area contributed by atoms with Crippen molar-refractivity contribution in [2.45, 2.75) is 46.3 Å². The van der Waals surface area contributed by atoms with Gasteiger partial charge >= 0.3 is 0 Å². The van der Waals surface area contributed by atoms with Crippen LogP contribution in [0.1, 0.15) is 44.2 Å². The summed E-state index contributed by atoms with van der Waals surface area (Å²) >= 11 is 3.61. The Hall–Kier alpha value is -1.59. The Morgan fingerprint density at radius 1 is 1.00 bits per heavy atom. The third kappa shape index (κ3) is 6.29. The molecule has 0 fully saturated rings. The Morgan fingerprint density at radius 2 is 1.77 bits per heavy atom. The number of benzene rings is 2. The normalized spacial score (nSPS) is 10.8. The molecule has 2 rings (SSSR count). The third-order valence-electron chi connectivity index (χ3n) is 4.03. The Kier molecular flexibility index (Phi) is 8.92. The SMILES string of the molecule is CCCCCNCc1cc(OCC)c(OCc2ccccc2F)cc1Br. The lowest BCUT2D eigenvalue weighted by molar-refractivity contribution is 0.265. The van der Waals surface area contributed by atoms with Crippen molar-refractivity contribution in [3.05, 3.63) is 57.8 Å². The van der Waals surface area contributed by atoms with Crippen molar-refractivity contribution in [1.82, 2.24) is 5.32 Å². The van der Waals surface area contributed by atoms with Crippen LogP contribution in [-0.4, -0.2) is 13.2 Å². The van der Waals surface area contributed by atoms with E-state index in [1.807, 2.05) is 19.1 Å². The molecular weight excluding hydrogens is 397 g/mol. The summed E-state index contributed by atoms with van der Waals surface area (Å²) in [4.78, 5) is 0. The van der Waals surface area contributed by atoms with Gasteiger partial charge in [0.25, 0.3) is 0 Å². The van der Waals surface area contributed by atoms with E-state index >= 15 is 0 Å². The molecule has 0 saturated carbocycles. The molecule has 0 bridgehead atoms. The second-order valence-corrected chi connectivity index (χ2v) is 6.94. The Labute approximate surface area is 164 Å². The van der Waals surface area contributed by atoms with Crippen LogP contribution in [0.2, 0.25) is 0 Å². The van der Waals surface area contributed by atoms with Gasteiger partial charge in [0.1, 0.15) is 12.4 Å². The third-order valence-corrected chi connectivity index (χ3v) is 4.76. The largest absolute Gasteiger partial charge is 0.490 e. The molecule has 2 aromatic rings. The van der Waals surface area contributed by atoms with Crippen LogP contribution in [-0.2, 0) is 13.2 Å². The van der Waals surface area contributed by atoms with Gasteiger partial charge < -0.3 is 14.8 Å². The summed E-state index contributed by atoms with van der Waals surface area (Å²) in [6, 6.07) is 10.5. The maximum atomic E-state index is 13.8. The van der Waals surface area contributed by atoms with E-state index in [0.717, 1.165) is 23.1 Å². The summed E-state index contributed by atoms with van der Waals surface area (Å²) in [6.07, 6.45) is 3.63. The lowest BCUT2D eigenvalue weighted by Gasteiger charge is -2.16. The van der Waals surface area contributed by atoms with Gasteiger partial charge in [-0.05, 0) is 43.7 Å². The van der Waals surface area contributed by atoms with E-state index in [1.54, 1.807) is 18.2 Å². The summed E-state index contributed by atoms with van der Waals surface area (Å²) < 4.78 is 26.3. The predicted molar refractivity (Wildman–Crippen MR) is 107 cm³/mol. The van der Waals surface area contributed by atoms with Gasteiger partial charge in [-0.1, -0.05) is 53.9 Å². The Morgan fingerprint density at radius 3 is 2.50 bits per heavy atom. The van der Waals surface area contributed by atoms with E-state index in [1.165, 1.54) is 25.3 Å². The zero-order valence-corrected chi connectivity index (χ0v) is 17.1. The van der Waals surface area contributed by atoms with Crippen molar-refractivity contribution in [3.63, 3.8) is 0 Å². The zero-order valence-electron chi connectivity index (χ0n) is 15.5. The smallest absolute Gasteiger partial charge is 0.162 e. The van der Waals surface area contributed by atoms with Crippen molar-refractivity contribution in [1.29, 1.82) is 0 Å². The van der Waals surface area contributed by atoms with Crippen molar-refractivity contribution in [3.8, 4) is 11.5 Å². The van der Waals surface area contributed by atoms with Gasteiger partial charge in [0, 0.05) is 16.6 Å². The summed E-state index contributed by atoms with van der Waals surface area (Å²) in [7, 11) is 0. The van der Waals surface area contributed by atoms with Gasteiger partial charge in [0.05, 0.1) is 6.61 Å². The number of ether oxygens (including phenoxy) is 2. The fourth-order valence-electron chi connectivity index (χ4n) is 2.59. The lowest BCUT2D eigenvalue weighted by atomic mass is 10.2.